The van der Waals surface area contributed by atoms with Crippen molar-refractivity contribution in [3.05, 3.63) is 47.0 Å². The molecule has 0 unspecified atom stereocenters. The second-order valence-electron chi connectivity index (χ2n) is 4.88. The Bertz CT molecular complexity index is 715. The highest BCUT2D eigenvalue weighted by Crippen LogP contribution is 2.15. The van der Waals surface area contributed by atoms with Crippen LogP contribution in [0.3, 0.4) is 0 Å². The molecule has 1 aromatic heterocycles. The van der Waals surface area contributed by atoms with Crippen molar-refractivity contribution in [1.29, 1.82) is 0 Å². The summed E-state index contributed by atoms with van der Waals surface area (Å²) in [6.45, 7) is -0.141. The zero-order valence-electron chi connectivity index (χ0n) is 13.1. The van der Waals surface area contributed by atoms with Crippen LogP contribution in [0, 0.1) is 0 Å². The number of methoxy groups -OCH3 is 1. The zero-order valence-corrected chi connectivity index (χ0v) is 13.9. The van der Waals surface area contributed by atoms with Crippen LogP contribution in [-0.2, 0) is 32.0 Å². The van der Waals surface area contributed by atoms with Crippen LogP contribution in [0.15, 0.2) is 35.7 Å². The van der Waals surface area contributed by atoms with Gasteiger partial charge in [-0.1, -0.05) is 30.3 Å². The normalized spacial score (nSPS) is 10.0. The average molecular weight is 347 g/mol. The van der Waals surface area contributed by atoms with Gasteiger partial charge in [0.2, 0.25) is 11.8 Å². The lowest BCUT2D eigenvalue weighted by molar-refractivity contribution is -0.139. The van der Waals surface area contributed by atoms with E-state index in [1.54, 1.807) is 5.38 Å². The van der Waals surface area contributed by atoms with Gasteiger partial charge in [0.25, 0.3) is 0 Å². The maximum Gasteiger partial charge on any atom is 0.311 e. The number of hydrogen-bond acceptors (Lipinski definition) is 6. The van der Waals surface area contributed by atoms with Gasteiger partial charge in [-0.05, 0) is 5.56 Å². The summed E-state index contributed by atoms with van der Waals surface area (Å²) in [5.74, 6) is -1.01. The smallest absolute Gasteiger partial charge is 0.311 e. The van der Waals surface area contributed by atoms with E-state index in [-0.39, 0.29) is 31.2 Å². The Kier molecular flexibility index (Phi) is 6.44. The second-order valence-corrected chi connectivity index (χ2v) is 5.74. The number of nitrogens with zero attached hydrogens (tertiary/aromatic N) is 1. The molecule has 0 spiro atoms. The minimum atomic E-state index is -0.397. The Morgan fingerprint density at radius 2 is 1.88 bits per heavy atom. The number of carbonyl (C=O) groups is 3. The highest BCUT2D eigenvalue weighted by atomic mass is 32.1. The summed E-state index contributed by atoms with van der Waals surface area (Å²) in [6, 6.07) is 9.26. The number of carbonyl (C=O) groups excluding carboxylic acids is 3. The number of aromatic nitrogens is 1. The first-order chi connectivity index (χ1) is 11.6. The standard InChI is InChI=1S/C16H17N3O4S/c1-23-15(22)8-12-10-24-16(18-12)19-14(21)9-17-13(20)7-11-5-3-2-4-6-11/h2-6,10H,7-9H2,1H3,(H,17,20)(H,18,19,21). The first kappa shape index (κ1) is 17.6. The minimum absolute atomic E-state index is 0.0523. The second kappa shape index (κ2) is 8.78. The fourth-order valence-electron chi connectivity index (χ4n) is 1.85. The third-order valence-corrected chi connectivity index (χ3v) is 3.81. The first-order valence-electron chi connectivity index (χ1n) is 7.18. The number of thiazole rings is 1. The third-order valence-electron chi connectivity index (χ3n) is 3.00. The molecular weight excluding hydrogens is 330 g/mol. The Balaban J connectivity index is 1.75. The van der Waals surface area contributed by atoms with Crippen molar-refractivity contribution in [2.45, 2.75) is 12.8 Å². The fourth-order valence-corrected chi connectivity index (χ4v) is 2.58. The molecule has 7 nitrogen and oxygen atoms in total. The number of benzene rings is 1. The van der Waals surface area contributed by atoms with E-state index < -0.39 is 5.97 Å². The first-order valence-corrected chi connectivity index (χ1v) is 8.06. The quantitative estimate of drug-likeness (QED) is 0.733. The molecule has 0 aliphatic heterocycles. The van der Waals surface area contributed by atoms with Crippen molar-refractivity contribution >= 4 is 34.3 Å². The zero-order chi connectivity index (χ0) is 17.4. The average Bonchev–Trinajstić information content (AvgIpc) is 3.00. The van der Waals surface area contributed by atoms with Crippen LogP contribution in [0.25, 0.3) is 0 Å². The predicted molar refractivity (Wildman–Crippen MR) is 89.6 cm³/mol. The van der Waals surface area contributed by atoms with Gasteiger partial charge in [0, 0.05) is 5.38 Å². The van der Waals surface area contributed by atoms with Gasteiger partial charge in [-0.25, -0.2) is 4.98 Å². The largest absolute Gasteiger partial charge is 0.469 e. The van der Waals surface area contributed by atoms with Gasteiger partial charge in [0.1, 0.15) is 0 Å². The molecule has 2 N–H and O–H groups in total. The number of ether oxygens (including phenoxy) is 1. The lowest BCUT2D eigenvalue weighted by atomic mass is 10.1. The van der Waals surface area contributed by atoms with Crippen molar-refractivity contribution in [2.75, 3.05) is 19.0 Å². The lowest BCUT2D eigenvalue weighted by Gasteiger charge is -2.05. The summed E-state index contributed by atoms with van der Waals surface area (Å²) in [7, 11) is 1.30. The molecule has 0 radical (unpaired) electrons. The summed E-state index contributed by atoms with van der Waals surface area (Å²) in [5.41, 5.74) is 1.40. The molecule has 1 heterocycles. The van der Waals surface area contributed by atoms with Crippen molar-refractivity contribution < 1.29 is 19.1 Å². The monoisotopic (exact) mass is 347 g/mol. The molecular formula is C16H17N3O4S. The van der Waals surface area contributed by atoms with E-state index in [1.165, 1.54) is 18.4 Å². The Morgan fingerprint density at radius 3 is 2.58 bits per heavy atom. The number of amides is 2. The van der Waals surface area contributed by atoms with Crippen LogP contribution in [0.4, 0.5) is 5.13 Å². The molecule has 0 atom stereocenters. The maximum atomic E-state index is 11.8. The van der Waals surface area contributed by atoms with E-state index in [2.05, 4.69) is 20.4 Å². The number of rotatable bonds is 7. The molecule has 1 aromatic carbocycles. The molecule has 2 aromatic rings. The lowest BCUT2D eigenvalue weighted by Crippen LogP contribution is -2.33. The van der Waals surface area contributed by atoms with Gasteiger partial charge in [0.05, 0.1) is 32.2 Å². The SMILES string of the molecule is COC(=O)Cc1csc(NC(=O)CNC(=O)Cc2ccccc2)n1. The molecule has 2 amide bonds. The summed E-state index contributed by atoms with van der Waals surface area (Å²) >= 11 is 1.20. The molecule has 8 heteroatoms. The van der Waals surface area contributed by atoms with Crippen molar-refractivity contribution in [1.82, 2.24) is 10.3 Å². The number of esters is 1. The number of hydrogen-bond donors (Lipinski definition) is 2. The predicted octanol–water partition coefficient (Wildman–Crippen LogP) is 1.16. The van der Waals surface area contributed by atoms with Crippen LogP contribution in [-0.4, -0.2) is 36.4 Å². The van der Waals surface area contributed by atoms with E-state index in [9.17, 15) is 14.4 Å². The van der Waals surface area contributed by atoms with Crippen LogP contribution >= 0.6 is 11.3 Å². The number of anilines is 1. The van der Waals surface area contributed by atoms with Gasteiger partial charge < -0.3 is 15.4 Å². The molecule has 126 valence electrons. The van der Waals surface area contributed by atoms with Crippen molar-refractivity contribution in [3.63, 3.8) is 0 Å². The van der Waals surface area contributed by atoms with Gasteiger partial charge in [-0.15, -0.1) is 11.3 Å². The van der Waals surface area contributed by atoms with Gasteiger partial charge in [-0.2, -0.15) is 0 Å². The van der Waals surface area contributed by atoms with E-state index in [0.717, 1.165) is 5.56 Å². The van der Waals surface area contributed by atoms with Crippen LogP contribution in [0.5, 0.6) is 0 Å². The summed E-state index contributed by atoms with van der Waals surface area (Å²) in [6.07, 6.45) is 0.269. The minimum Gasteiger partial charge on any atom is -0.469 e. The molecule has 2 rings (SSSR count). The van der Waals surface area contributed by atoms with Crippen LogP contribution < -0.4 is 10.6 Å². The third kappa shape index (κ3) is 5.81. The van der Waals surface area contributed by atoms with E-state index in [4.69, 9.17) is 0 Å². The summed E-state index contributed by atoms with van der Waals surface area (Å²) in [4.78, 5) is 38.8. The van der Waals surface area contributed by atoms with Crippen molar-refractivity contribution in [3.8, 4) is 0 Å². The summed E-state index contributed by atoms with van der Waals surface area (Å²) in [5, 5.41) is 7.16. The molecule has 0 aliphatic rings. The molecule has 0 fully saturated rings. The van der Waals surface area contributed by atoms with Gasteiger partial charge in [0.15, 0.2) is 5.13 Å². The van der Waals surface area contributed by atoms with Gasteiger partial charge >= 0.3 is 5.97 Å². The van der Waals surface area contributed by atoms with E-state index in [0.29, 0.717) is 10.8 Å². The Morgan fingerprint density at radius 1 is 1.12 bits per heavy atom. The summed E-state index contributed by atoms with van der Waals surface area (Å²) < 4.78 is 4.55. The molecule has 24 heavy (non-hydrogen) atoms. The highest BCUT2D eigenvalue weighted by Gasteiger charge is 2.11. The molecule has 0 saturated heterocycles. The van der Waals surface area contributed by atoms with Gasteiger partial charge in [-0.3, -0.25) is 14.4 Å². The number of nitrogens with one attached hydrogen (secondary N) is 2. The molecule has 0 aliphatic carbocycles. The van der Waals surface area contributed by atoms with E-state index in [1.807, 2.05) is 30.3 Å². The maximum absolute atomic E-state index is 11.8. The van der Waals surface area contributed by atoms with Crippen LogP contribution in [0.2, 0.25) is 0 Å². The molecule has 0 saturated carbocycles. The highest BCUT2D eigenvalue weighted by molar-refractivity contribution is 7.13. The topological polar surface area (TPSA) is 97.4 Å². The fraction of sp³-hybridized carbons (Fsp3) is 0.250. The Labute approximate surface area is 143 Å². The van der Waals surface area contributed by atoms with E-state index >= 15 is 0 Å². The molecule has 0 bridgehead atoms. The van der Waals surface area contributed by atoms with Crippen LogP contribution in [0.1, 0.15) is 11.3 Å². The Hall–Kier alpha value is -2.74. The van der Waals surface area contributed by atoms with Crippen molar-refractivity contribution in [2.24, 2.45) is 0 Å².